The van der Waals surface area contributed by atoms with Gasteiger partial charge in [0.05, 0.1) is 26.9 Å². The molecule has 0 N–H and O–H groups in total. The Labute approximate surface area is 294 Å². The van der Waals surface area contributed by atoms with Crippen molar-refractivity contribution in [2.45, 2.75) is 0 Å². The zero-order valence-electron chi connectivity index (χ0n) is 27.1. The van der Waals surface area contributed by atoms with Crippen LogP contribution >= 0.6 is 11.3 Å². The van der Waals surface area contributed by atoms with E-state index in [-0.39, 0.29) is 0 Å². The Kier molecular flexibility index (Phi) is 5.35. The van der Waals surface area contributed by atoms with Crippen molar-refractivity contribution in [3.05, 3.63) is 152 Å². The molecule has 0 unspecified atom stereocenters. The van der Waals surface area contributed by atoms with Crippen LogP contribution in [0.4, 0.5) is 0 Å². The lowest BCUT2D eigenvalue weighted by Crippen LogP contribution is -2.03. The van der Waals surface area contributed by atoms with Crippen molar-refractivity contribution in [1.82, 2.24) is 14.5 Å². The van der Waals surface area contributed by atoms with Crippen molar-refractivity contribution in [1.29, 1.82) is 0 Å². The van der Waals surface area contributed by atoms with Gasteiger partial charge in [0.1, 0.15) is 11.2 Å². The van der Waals surface area contributed by atoms with Crippen molar-refractivity contribution in [2.75, 3.05) is 0 Å². The molecule has 12 aromatic rings. The minimum Gasteiger partial charge on any atom is -0.455 e. The maximum absolute atomic E-state index is 6.68. The highest BCUT2D eigenvalue weighted by Gasteiger charge is 2.24. The van der Waals surface area contributed by atoms with Crippen molar-refractivity contribution >= 4 is 108 Å². The molecule has 0 bridgehead atoms. The molecule has 0 spiro atoms. The van der Waals surface area contributed by atoms with Crippen LogP contribution in [-0.2, 0) is 0 Å². The van der Waals surface area contributed by atoms with E-state index in [9.17, 15) is 0 Å². The van der Waals surface area contributed by atoms with Crippen LogP contribution in [0.2, 0.25) is 0 Å². The molecule has 8 aromatic carbocycles. The third-order valence-corrected chi connectivity index (χ3v) is 11.8. The molecular formula is C46H25N3OS. The molecule has 0 amide bonds. The van der Waals surface area contributed by atoms with E-state index in [1.165, 1.54) is 37.0 Å². The summed E-state index contributed by atoms with van der Waals surface area (Å²) in [6, 6.07) is 53.9. The average molecular weight is 668 g/mol. The summed E-state index contributed by atoms with van der Waals surface area (Å²) >= 11 is 1.77. The molecule has 0 atom stereocenters. The number of nitrogens with zero attached hydrogens (tertiary/aromatic N) is 3. The quantitative estimate of drug-likeness (QED) is 0.172. The number of aromatic nitrogens is 3. The molecule has 236 valence electrons. The van der Waals surface area contributed by atoms with Gasteiger partial charge in [0.25, 0.3) is 0 Å². The highest BCUT2D eigenvalue weighted by atomic mass is 32.1. The Morgan fingerprint density at radius 2 is 1.16 bits per heavy atom. The predicted molar refractivity (Wildman–Crippen MR) is 214 cm³/mol. The molecule has 0 saturated carbocycles. The Morgan fingerprint density at radius 1 is 0.471 bits per heavy atom. The molecule has 12 rings (SSSR count). The molecule has 4 aromatic heterocycles. The number of thiophene rings is 1. The molecule has 5 heteroatoms. The SMILES string of the molecule is c1ccc2c(-c3nc(-n4c5ccccc5c5c6c7ccccc7c7c8ccccc8oc7c6ccc54)nc4c3sc3ccccc34)cccc2c1. The van der Waals surface area contributed by atoms with E-state index >= 15 is 0 Å². The number of benzene rings is 8. The average Bonchev–Trinajstić information content (AvgIpc) is 3.87. The maximum Gasteiger partial charge on any atom is 0.235 e. The highest BCUT2D eigenvalue weighted by molar-refractivity contribution is 7.26. The zero-order chi connectivity index (χ0) is 33.2. The van der Waals surface area contributed by atoms with Crippen LogP contribution in [0.3, 0.4) is 0 Å². The second-order valence-electron chi connectivity index (χ2n) is 13.3. The number of hydrogen-bond acceptors (Lipinski definition) is 4. The van der Waals surface area contributed by atoms with Gasteiger partial charge in [-0.1, -0.05) is 121 Å². The molecule has 0 fully saturated rings. The van der Waals surface area contributed by atoms with E-state index in [2.05, 4.69) is 150 Å². The van der Waals surface area contributed by atoms with E-state index in [0.717, 1.165) is 70.6 Å². The van der Waals surface area contributed by atoms with Gasteiger partial charge >= 0.3 is 0 Å². The standard InChI is InChI=1S/C46H25N3OS/c1-2-14-27-26(12-1)13-11-20-30(27)42-45-43(33-19-7-10-23-38(33)51-45)48-46(47-42)49-35-21-8-5-17-31(35)41-36(49)25-24-34-39(41)28-15-3-4-16-29(28)40-32-18-6-9-22-37(32)50-44(34)40/h1-25H. The fraction of sp³-hybridized carbons (Fsp3) is 0. The summed E-state index contributed by atoms with van der Waals surface area (Å²) < 4.78 is 11.2. The maximum atomic E-state index is 6.68. The molecule has 0 aliphatic carbocycles. The molecule has 0 aliphatic rings. The number of hydrogen-bond donors (Lipinski definition) is 0. The van der Waals surface area contributed by atoms with Crippen LogP contribution in [0.1, 0.15) is 0 Å². The number of fused-ring (bicyclic) bond motifs is 16. The number of furan rings is 1. The first-order valence-corrected chi connectivity index (χ1v) is 18.0. The van der Waals surface area contributed by atoms with E-state index in [4.69, 9.17) is 14.4 Å². The first-order chi connectivity index (χ1) is 25.3. The Morgan fingerprint density at radius 3 is 2.04 bits per heavy atom. The van der Waals surface area contributed by atoms with Crippen LogP contribution in [0, 0.1) is 0 Å². The summed E-state index contributed by atoms with van der Waals surface area (Å²) in [5.41, 5.74) is 6.99. The highest BCUT2D eigenvalue weighted by Crippen LogP contribution is 2.47. The summed E-state index contributed by atoms with van der Waals surface area (Å²) in [4.78, 5) is 11.0. The van der Waals surface area contributed by atoms with Gasteiger partial charge in [-0.3, -0.25) is 4.57 Å². The normalized spacial score (nSPS) is 12.3. The minimum absolute atomic E-state index is 0.661. The van der Waals surface area contributed by atoms with Crippen LogP contribution in [0.15, 0.2) is 156 Å². The summed E-state index contributed by atoms with van der Waals surface area (Å²) in [6.45, 7) is 0. The Balaban J connectivity index is 1.27. The van der Waals surface area contributed by atoms with Crippen molar-refractivity contribution in [3.8, 4) is 17.2 Å². The molecule has 51 heavy (non-hydrogen) atoms. The topological polar surface area (TPSA) is 43.9 Å². The van der Waals surface area contributed by atoms with Crippen LogP contribution in [0.25, 0.3) is 114 Å². The predicted octanol–water partition coefficient (Wildman–Crippen LogP) is 13.0. The van der Waals surface area contributed by atoms with E-state index in [1.807, 2.05) is 6.07 Å². The monoisotopic (exact) mass is 667 g/mol. The largest absolute Gasteiger partial charge is 0.455 e. The zero-order valence-corrected chi connectivity index (χ0v) is 27.9. The lowest BCUT2D eigenvalue weighted by molar-refractivity contribution is 0.673. The summed E-state index contributed by atoms with van der Waals surface area (Å²) in [7, 11) is 0. The van der Waals surface area contributed by atoms with Gasteiger partial charge in [-0.15, -0.1) is 11.3 Å². The summed E-state index contributed by atoms with van der Waals surface area (Å²) in [5, 5.41) is 12.8. The minimum atomic E-state index is 0.661. The lowest BCUT2D eigenvalue weighted by atomic mass is 9.94. The van der Waals surface area contributed by atoms with E-state index in [0.29, 0.717) is 5.95 Å². The smallest absolute Gasteiger partial charge is 0.235 e. The second kappa shape index (κ2) is 10.0. The van der Waals surface area contributed by atoms with Crippen LogP contribution in [0.5, 0.6) is 0 Å². The molecule has 0 aliphatic heterocycles. The fourth-order valence-electron chi connectivity index (χ4n) is 8.46. The van der Waals surface area contributed by atoms with Gasteiger partial charge in [0.2, 0.25) is 5.95 Å². The van der Waals surface area contributed by atoms with Gasteiger partial charge < -0.3 is 4.42 Å². The first-order valence-electron chi connectivity index (χ1n) is 17.2. The van der Waals surface area contributed by atoms with E-state index < -0.39 is 0 Å². The van der Waals surface area contributed by atoms with Gasteiger partial charge in [-0.25, -0.2) is 9.97 Å². The first kappa shape index (κ1) is 27.3. The number of rotatable bonds is 2. The molecular weight excluding hydrogens is 643 g/mol. The van der Waals surface area contributed by atoms with E-state index in [1.54, 1.807) is 11.3 Å². The third-order valence-electron chi connectivity index (χ3n) is 10.6. The third kappa shape index (κ3) is 3.63. The van der Waals surface area contributed by atoms with Crippen molar-refractivity contribution in [3.63, 3.8) is 0 Å². The molecule has 0 saturated heterocycles. The van der Waals surface area contributed by atoms with Gasteiger partial charge in [0, 0.05) is 48.0 Å². The summed E-state index contributed by atoms with van der Waals surface area (Å²) in [5.74, 6) is 0.661. The van der Waals surface area contributed by atoms with Crippen molar-refractivity contribution < 1.29 is 4.42 Å². The summed E-state index contributed by atoms with van der Waals surface area (Å²) in [6.07, 6.45) is 0. The molecule has 4 nitrogen and oxygen atoms in total. The second-order valence-corrected chi connectivity index (χ2v) is 14.3. The fourth-order valence-corrected chi connectivity index (χ4v) is 9.61. The lowest BCUT2D eigenvalue weighted by Gasteiger charge is -2.12. The van der Waals surface area contributed by atoms with Crippen LogP contribution < -0.4 is 0 Å². The molecule has 4 heterocycles. The van der Waals surface area contributed by atoms with Crippen molar-refractivity contribution in [2.24, 2.45) is 0 Å². The molecule has 0 radical (unpaired) electrons. The van der Waals surface area contributed by atoms with Gasteiger partial charge in [-0.2, -0.15) is 0 Å². The Hall–Kier alpha value is -6.56. The number of para-hydroxylation sites is 2. The van der Waals surface area contributed by atoms with Gasteiger partial charge in [0.15, 0.2) is 0 Å². The van der Waals surface area contributed by atoms with Gasteiger partial charge in [-0.05, 0) is 51.9 Å². The van der Waals surface area contributed by atoms with Crippen LogP contribution in [-0.4, -0.2) is 14.5 Å². The Bertz CT molecular complexity index is 3430.